The lowest BCUT2D eigenvalue weighted by atomic mass is 9.93. The summed E-state index contributed by atoms with van der Waals surface area (Å²) in [6.07, 6.45) is 0.580. The highest BCUT2D eigenvalue weighted by Crippen LogP contribution is 2.40. The molecule has 0 spiro atoms. The molecule has 1 unspecified atom stereocenters. The molecule has 5 nitrogen and oxygen atoms in total. The van der Waals surface area contributed by atoms with E-state index in [9.17, 15) is 19.1 Å². The van der Waals surface area contributed by atoms with E-state index in [2.05, 4.69) is 0 Å². The zero-order chi connectivity index (χ0) is 23.5. The Morgan fingerprint density at radius 3 is 2.45 bits per heavy atom. The maximum absolute atomic E-state index is 13.6. The number of benzene rings is 3. The van der Waals surface area contributed by atoms with Crippen LogP contribution in [0, 0.1) is 5.82 Å². The third-order valence-electron chi connectivity index (χ3n) is 5.76. The molecule has 33 heavy (non-hydrogen) atoms. The summed E-state index contributed by atoms with van der Waals surface area (Å²) in [4.78, 5) is 27.6. The van der Waals surface area contributed by atoms with E-state index in [1.54, 1.807) is 24.3 Å². The Hall–Kier alpha value is -3.51. The molecule has 1 fully saturated rings. The SMILES string of the molecule is CC(C)OCCCN1C(=O)C(=O)/C(=C(\O)c2cccc3ccccc23)C1c1ccc(F)cc1. The summed E-state index contributed by atoms with van der Waals surface area (Å²) in [6, 6.07) is 17.8. The maximum Gasteiger partial charge on any atom is 0.295 e. The van der Waals surface area contributed by atoms with Gasteiger partial charge in [0.15, 0.2) is 0 Å². The van der Waals surface area contributed by atoms with Crippen LogP contribution in [0.5, 0.6) is 0 Å². The van der Waals surface area contributed by atoms with Gasteiger partial charge in [0, 0.05) is 18.7 Å². The van der Waals surface area contributed by atoms with Crippen LogP contribution < -0.4 is 0 Å². The predicted octanol–water partition coefficient (Wildman–Crippen LogP) is 5.22. The minimum absolute atomic E-state index is 0.00717. The largest absolute Gasteiger partial charge is 0.507 e. The Kier molecular flexibility index (Phi) is 6.56. The quantitative estimate of drug-likeness (QED) is 0.234. The molecule has 0 saturated carbocycles. The summed E-state index contributed by atoms with van der Waals surface area (Å²) >= 11 is 0. The van der Waals surface area contributed by atoms with Crippen LogP contribution in [0.4, 0.5) is 4.39 Å². The van der Waals surface area contributed by atoms with E-state index in [0.717, 1.165) is 10.8 Å². The highest BCUT2D eigenvalue weighted by Gasteiger charge is 2.45. The average molecular weight is 448 g/mol. The summed E-state index contributed by atoms with van der Waals surface area (Å²) in [5.41, 5.74) is 1.04. The van der Waals surface area contributed by atoms with E-state index in [1.165, 1.54) is 17.0 Å². The number of ketones is 1. The fourth-order valence-electron chi connectivity index (χ4n) is 4.23. The van der Waals surface area contributed by atoms with E-state index >= 15 is 0 Å². The number of amides is 1. The van der Waals surface area contributed by atoms with Gasteiger partial charge < -0.3 is 14.7 Å². The molecule has 1 heterocycles. The number of rotatable bonds is 7. The van der Waals surface area contributed by atoms with Gasteiger partial charge in [0.2, 0.25) is 0 Å². The van der Waals surface area contributed by atoms with Crippen LogP contribution in [-0.4, -0.2) is 41.0 Å². The lowest BCUT2D eigenvalue weighted by Crippen LogP contribution is -2.31. The first-order valence-corrected chi connectivity index (χ1v) is 11.0. The standard InChI is InChI=1S/C27H26FNO4/c1-17(2)33-16-6-15-29-24(19-11-13-20(28)14-12-19)23(26(31)27(29)32)25(30)22-10-5-8-18-7-3-4-9-21(18)22/h3-5,7-14,17,24,30H,6,15-16H2,1-2H3/b25-23-. The van der Waals surface area contributed by atoms with E-state index in [0.29, 0.717) is 24.2 Å². The Bertz CT molecular complexity index is 1210. The molecule has 3 aromatic carbocycles. The molecule has 1 aliphatic rings. The van der Waals surface area contributed by atoms with E-state index in [4.69, 9.17) is 4.74 Å². The number of hydrogen-bond donors (Lipinski definition) is 1. The van der Waals surface area contributed by atoms with Gasteiger partial charge in [-0.2, -0.15) is 0 Å². The molecular weight excluding hydrogens is 421 g/mol. The summed E-state index contributed by atoms with van der Waals surface area (Å²) in [7, 11) is 0. The Morgan fingerprint density at radius 2 is 1.73 bits per heavy atom. The first-order chi connectivity index (χ1) is 15.9. The smallest absolute Gasteiger partial charge is 0.295 e. The summed E-state index contributed by atoms with van der Waals surface area (Å²) in [5.74, 6) is -2.09. The third-order valence-corrected chi connectivity index (χ3v) is 5.76. The van der Waals surface area contributed by atoms with Crippen molar-refractivity contribution in [2.24, 2.45) is 0 Å². The average Bonchev–Trinajstić information content (AvgIpc) is 3.06. The van der Waals surface area contributed by atoms with Gasteiger partial charge >= 0.3 is 0 Å². The van der Waals surface area contributed by atoms with Crippen LogP contribution in [0.1, 0.15) is 37.4 Å². The summed E-state index contributed by atoms with van der Waals surface area (Å²) < 4.78 is 19.2. The second-order valence-corrected chi connectivity index (χ2v) is 8.34. The van der Waals surface area contributed by atoms with Crippen LogP contribution in [0.15, 0.2) is 72.3 Å². The minimum atomic E-state index is -0.816. The summed E-state index contributed by atoms with van der Waals surface area (Å²) in [5, 5.41) is 13.0. The van der Waals surface area contributed by atoms with Crippen LogP contribution in [0.2, 0.25) is 0 Å². The first-order valence-electron chi connectivity index (χ1n) is 11.0. The molecule has 1 saturated heterocycles. The van der Waals surface area contributed by atoms with Crippen molar-refractivity contribution in [2.45, 2.75) is 32.4 Å². The van der Waals surface area contributed by atoms with Crippen LogP contribution >= 0.6 is 0 Å². The molecule has 1 amide bonds. The molecule has 170 valence electrons. The van der Waals surface area contributed by atoms with Gasteiger partial charge in [-0.1, -0.05) is 54.6 Å². The first kappa shape index (κ1) is 22.7. The van der Waals surface area contributed by atoms with Gasteiger partial charge in [-0.3, -0.25) is 9.59 Å². The minimum Gasteiger partial charge on any atom is -0.507 e. The molecule has 1 N–H and O–H groups in total. The Morgan fingerprint density at radius 1 is 1.03 bits per heavy atom. The molecular formula is C27H26FNO4. The van der Waals surface area contributed by atoms with Gasteiger partial charge in [0.1, 0.15) is 11.6 Å². The fraction of sp³-hybridized carbons (Fsp3) is 0.259. The van der Waals surface area contributed by atoms with E-state index in [-0.39, 0.29) is 24.0 Å². The molecule has 0 radical (unpaired) electrons. The van der Waals surface area contributed by atoms with Crippen LogP contribution in [-0.2, 0) is 14.3 Å². The number of hydrogen-bond acceptors (Lipinski definition) is 4. The number of carbonyl (C=O) groups is 2. The van der Waals surface area contributed by atoms with Crippen molar-refractivity contribution in [3.8, 4) is 0 Å². The zero-order valence-electron chi connectivity index (χ0n) is 18.6. The number of nitrogens with zero attached hydrogens (tertiary/aromatic N) is 1. The van der Waals surface area contributed by atoms with Crippen molar-refractivity contribution < 1.29 is 23.8 Å². The van der Waals surface area contributed by atoms with Gasteiger partial charge in [-0.05, 0) is 48.7 Å². The van der Waals surface area contributed by atoms with Crippen molar-refractivity contribution in [1.29, 1.82) is 0 Å². The highest BCUT2D eigenvalue weighted by molar-refractivity contribution is 6.46. The van der Waals surface area contributed by atoms with Crippen LogP contribution in [0.25, 0.3) is 16.5 Å². The molecule has 0 bridgehead atoms. The Labute approximate surface area is 192 Å². The number of aliphatic hydroxyl groups excluding tert-OH is 1. The summed E-state index contributed by atoms with van der Waals surface area (Å²) in [6.45, 7) is 4.55. The highest BCUT2D eigenvalue weighted by atomic mass is 19.1. The van der Waals surface area contributed by atoms with Gasteiger partial charge in [0.05, 0.1) is 17.7 Å². The van der Waals surface area contributed by atoms with Crippen molar-refractivity contribution in [3.05, 3.63) is 89.2 Å². The van der Waals surface area contributed by atoms with Gasteiger partial charge in [0.25, 0.3) is 11.7 Å². The number of likely N-dealkylation sites (tertiary alicyclic amines) is 1. The van der Waals surface area contributed by atoms with Gasteiger partial charge in [-0.25, -0.2) is 4.39 Å². The van der Waals surface area contributed by atoms with Crippen molar-refractivity contribution >= 4 is 28.2 Å². The monoisotopic (exact) mass is 447 g/mol. The molecule has 0 aliphatic carbocycles. The normalized spacial score (nSPS) is 17.9. The number of fused-ring (bicyclic) bond motifs is 1. The number of halogens is 1. The van der Waals surface area contributed by atoms with Gasteiger partial charge in [-0.15, -0.1) is 0 Å². The van der Waals surface area contributed by atoms with Crippen molar-refractivity contribution in [1.82, 2.24) is 4.90 Å². The molecule has 4 rings (SSSR count). The van der Waals surface area contributed by atoms with E-state index < -0.39 is 23.5 Å². The van der Waals surface area contributed by atoms with Crippen molar-refractivity contribution in [3.63, 3.8) is 0 Å². The van der Waals surface area contributed by atoms with Crippen molar-refractivity contribution in [2.75, 3.05) is 13.2 Å². The lowest BCUT2D eigenvalue weighted by Gasteiger charge is -2.25. The maximum atomic E-state index is 13.6. The second kappa shape index (κ2) is 9.55. The topological polar surface area (TPSA) is 66.8 Å². The molecule has 0 aromatic heterocycles. The predicted molar refractivity (Wildman–Crippen MR) is 125 cm³/mol. The Balaban J connectivity index is 1.81. The van der Waals surface area contributed by atoms with E-state index in [1.807, 2.05) is 44.2 Å². The third kappa shape index (κ3) is 4.52. The second-order valence-electron chi connectivity index (χ2n) is 8.34. The zero-order valence-corrected chi connectivity index (χ0v) is 18.6. The number of aliphatic hydroxyl groups is 1. The van der Waals surface area contributed by atoms with Crippen LogP contribution in [0.3, 0.4) is 0 Å². The molecule has 1 atom stereocenters. The number of ether oxygens (including phenoxy) is 1. The molecule has 6 heteroatoms. The molecule has 1 aliphatic heterocycles. The number of Topliss-reactive ketones (excluding diaryl/α,β-unsaturated/α-hetero) is 1. The molecule has 3 aromatic rings. The number of carbonyl (C=O) groups excluding carboxylic acids is 2. The lowest BCUT2D eigenvalue weighted by molar-refractivity contribution is -0.140. The fourth-order valence-corrected chi connectivity index (χ4v) is 4.23.